The summed E-state index contributed by atoms with van der Waals surface area (Å²) in [5.41, 5.74) is 0. The summed E-state index contributed by atoms with van der Waals surface area (Å²) in [6, 6.07) is 9.00. The average molecular weight is 208 g/mol. The molecule has 0 aromatic heterocycles. The molecule has 78 valence electrons. The third-order valence-corrected chi connectivity index (χ3v) is 6.27. The summed E-state index contributed by atoms with van der Waals surface area (Å²) in [7, 11) is -1.44. The van der Waals surface area contributed by atoms with Crippen LogP contribution < -0.4 is 5.19 Å². The molecular formula is C12H20OSi. The highest BCUT2D eigenvalue weighted by atomic mass is 28.3. The lowest BCUT2D eigenvalue weighted by atomic mass is 10.3. The Kier molecular flexibility index (Phi) is 3.37. The van der Waals surface area contributed by atoms with Crippen molar-refractivity contribution in [2.45, 2.75) is 33.0 Å². The van der Waals surface area contributed by atoms with Gasteiger partial charge in [0.25, 0.3) is 0 Å². The van der Waals surface area contributed by atoms with E-state index in [0.29, 0.717) is 11.7 Å². The van der Waals surface area contributed by atoms with E-state index >= 15 is 0 Å². The zero-order valence-corrected chi connectivity index (χ0v) is 10.5. The van der Waals surface area contributed by atoms with E-state index in [-0.39, 0.29) is 0 Å². The van der Waals surface area contributed by atoms with Crippen molar-refractivity contribution in [2.24, 2.45) is 5.92 Å². The fraction of sp³-hybridized carbons (Fsp3) is 0.500. The second-order valence-corrected chi connectivity index (χ2v) is 9.71. The second kappa shape index (κ2) is 4.18. The lowest BCUT2D eigenvalue weighted by Crippen LogP contribution is -2.42. The van der Waals surface area contributed by atoms with Crippen LogP contribution in [0.1, 0.15) is 13.8 Å². The minimum atomic E-state index is -1.44. The molecule has 0 amide bonds. The van der Waals surface area contributed by atoms with Crippen LogP contribution in [0.5, 0.6) is 5.75 Å². The Morgan fingerprint density at radius 2 is 1.79 bits per heavy atom. The summed E-state index contributed by atoms with van der Waals surface area (Å²) >= 11 is 0. The molecule has 1 nitrogen and oxygen atoms in total. The molecule has 14 heavy (non-hydrogen) atoms. The SMILES string of the molecule is CC(C)C[Si](C)(C)c1ccccc1O. The molecule has 0 radical (unpaired) electrons. The molecule has 0 atom stereocenters. The van der Waals surface area contributed by atoms with E-state index in [1.165, 1.54) is 11.2 Å². The zero-order valence-electron chi connectivity index (χ0n) is 9.54. The molecule has 0 spiro atoms. The third kappa shape index (κ3) is 2.61. The first kappa shape index (κ1) is 11.3. The van der Waals surface area contributed by atoms with Gasteiger partial charge in [-0.15, -0.1) is 0 Å². The number of phenols is 1. The van der Waals surface area contributed by atoms with Crippen molar-refractivity contribution in [3.8, 4) is 5.75 Å². The maximum absolute atomic E-state index is 9.79. The van der Waals surface area contributed by atoms with Crippen molar-refractivity contribution in [2.75, 3.05) is 0 Å². The van der Waals surface area contributed by atoms with Crippen molar-refractivity contribution in [1.29, 1.82) is 0 Å². The van der Waals surface area contributed by atoms with E-state index in [0.717, 1.165) is 0 Å². The zero-order chi connectivity index (χ0) is 10.8. The molecule has 2 heteroatoms. The highest BCUT2D eigenvalue weighted by Crippen LogP contribution is 2.20. The fourth-order valence-electron chi connectivity index (χ4n) is 2.18. The molecule has 1 aromatic carbocycles. The number of para-hydroxylation sites is 1. The van der Waals surface area contributed by atoms with Gasteiger partial charge in [0.1, 0.15) is 5.75 Å². The molecule has 0 aliphatic heterocycles. The Morgan fingerprint density at radius 1 is 1.21 bits per heavy atom. The number of hydrogen-bond acceptors (Lipinski definition) is 1. The number of aromatic hydroxyl groups is 1. The minimum Gasteiger partial charge on any atom is -0.508 e. The van der Waals surface area contributed by atoms with Crippen LogP contribution in [0.15, 0.2) is 24.3 Å². The normalized spacial score (nSPS) is 12.1. The Bertz CT molecular complexity index is 305. The standard InChI is InChI=1S/C12H20OSi/c1-10(2)9-14(3,4)12-8-6-5-7-11(12)13/h5-8,10,13H,9H2,1-4H3. The van der Waals surface area contributed by atoms with Crippen LogP contribution in [0.2, 0.25) is 19.1 Å². The van der Waals surface area contributed by atoms with Crippen molar-refractivity contribution >= 4 is 13.3 Å². The van der Waals surface area contributed by atoms with Crippen LogP contribution in [-0.2, 0) is 0 Å². The maximum Gasteiger partial charge on any atom is 0.114 e. The van der Waals surface area contributed by atoms with E-state index in [4.69, 9.17) is 0 Å². The molecule has 1 aromatic rings. The van der Waals surface area contributed by atoms with Gasteiger partial charge in [0.2, 0.25) is 0 Å². The van der Waals surface area contributed by atoms with Crippen molar-refractivity contribution in [1.82, 2.24) is 0 Å². The van der Waals surface area contributed by atoms with E-state index < -0.39 is 8.07 Å². The molecule has 0 bridgehead atoms. The monoisotopic (exact) mass is 208 g/mol. The van der Waals surface area contributed by atoms with Gasteiger partial charge in [-0.3, -0.25) is 0 Å². The first-order valence-corrected chi connectivity index (χ1v) is 8.42. The Balaban J connectivity index is 2.97. The Labute approximate surface area is 87.8 Å². The molecule has 0 aliphatic carbocycles. The van der Waals surface area contributed by atoms with E-state index in [1.807, 2.05) is 12.1 Å². The van der Waals surface area contributed by atoms with Crippen molar-refractivity contribution < 1.29 is 5.11 Å². The summed E-state index contributed by atoms with van der Waals surface area (Å²) < 4.78 is 0. The molecule has 1 rings (SSSR count). The predicted molar refractivity (Wildman–Crippen MR) is 64.9 cm³/mol. The Morgan fingerprint density at radius 3 is 2.29 bits per heavy atom. The van der Waals surface area contributed by atoms with Crippen LogP contribution in [0.4, 0.5) is 0 Å². The summed E-state index contributed by atoms with van der Waals surface area (Å²) in [4.78, 5) is 0. The first-order chi connectivity index (χ1) is 6.43. The number of hydrogen-bond donors (Lipinski definition) is 1. The number of rotatable bonds is 3. The maximum atomic E-state index is 9.79. The van der Waals surface area contributed by atoms with E-state index in [2.05, 4.69) is 33.0 Å². The molecule has 0 aliphatic rings. The summed E-state index contributed by atoms with van der Waals surface area (Å²) in [6.07, 6.45) is 0. The molecule has 0 fully saturated rings. The van der Waals surface area contributed by atoms with Gasteiger partial charge in [0.05, 0.1) is 8.07 Å². The average Bonchev–Trinajstić information content (AvgIpc) is 2.02. The predicted octanol–water partition coefficient (Wildman–Crippen LogP) is 2.96. The van der Waals surface area contributed by atoms with Gasteiger partial charge in [0.15, 0.2) is 0 Å². The van der Waals surface area contributed by atoms with E-state index in [9.17, 15) is 5.11 Å². The second-order valence-electron chi connectivity index (χ2n) is 5.00. The van der Waals surface area contributed by atoms with Gasteiger partial charge >= 0.3 is 0 Å². The van der Waals surface area contributed by atoms with Gasteiger partial charge in [-0.25, -0.2) is 0 Å². The fourth-order valence-corrected chi connectivity index (χ4v) is 5.76. The largest absolute Gasteiger partial charge is 0.508 e. The topological polar surface area (TPSA) is 20.2 Å². The lowest BCUT2D eigenvalue weighted by molar-refractivity contribution is 0.479. The lowest BCUT2D eigenvalue weighted by Gasteiger charge is -2.25. The molecule has 0 unspecified atom stereocenters. The van der Waals surface area contributed by atoms with Crippen molar-refractivity contribution in [3.63, 3.8) is 0 Å². The van der Waals surface area contributed by atoms with Gasteiger partial charge < -0.3 is 5.11 Å². The van der Waals surface area contributed by atoms with Crippen LogP contribution in [0, 0.1) is 5.92 Å². The van der Waals surface area contributed by atoms with E-state index in [1.54, 1.807) is 6.07 Å². The highest BCUT2D eigenvalue weighted by molar-refractivity contribution is 6.90. The van der Waals surface area contributed by atoms with Crippen LogP contribution in [0.3, 0.4) is 0 Å². The molecule has 0 heterocycles. The van der Waals surface area contributed by atoms with Gasteiger partial charge in [-0.2, -0.15) is 0 Å². The minimum absolute atomic E-state index is 0.477. The molecule has 0 saturated heterocycles. The summed E-state index contributed by atoms with van der Waals surface area (Å²) in [5, 5.41) is 11.0. The molecular weight excluding hydrogens is 188 g/mol. The summed E-state index contributed by atoms with van der Waals surface area (Å²) in [6.45, 7) is 9.13. The van der Waals surface area contributed by atoms with Crippen LogP contribution in [0.25, 0.3) is 0 Å². The number of phenolic OH excluding ortho intramolecular Hbond substituents is 1. The first-order valence-electron chi connectivity index (χ1n) is 5.22. The smallest absolute Gasteiger partial charge is 0.114 e. The molecule has 0 saturated carbocycles. The summed E-state index contributed by atoms with van der Waals surface area (Å²) in [5.74, 6) is 1.18. The van der Waals surface area contributed by atoms with Gasteiger partial charge in [-0.05, 0) is 17.2 Å². The number of benzene rings is 1. The quantitative estimate of drug-likeness (QED) is 0.757. The molecule has 1 N–H and O–H groups in total. The van der Waals surface area contributed by atoms with Gasteiger partial charge in [0, 0.05) is 0 Å². The Hall–Kier alpha value is -0.763. The van der Waals surface area contributed by atoms with Crippen molar-refractivity contribution in [3.05, 3.63) is 24.3 Å². The van der Waals surface area contributed by atoms with Crippen LogP contribution in [-0.4, -0.2) is 13.2 Å². The highest BCUT2D eigenvalue weighted by Gasteiger charge is 2.26. The van der Waals surface area contributed by atoms with Gasteiger partial charge in [-0.1, -0.05) is 51.2 Å². The third-order valence-electron chi connectivity index (χ3n) is 2.55. The van der Waals surface area contributed by atoms with Crippen LogP contribution >= 0.6 is 0 Å².